The lowest BCUT2D eigenvalue weighted by molar-refractivity contribution is 0.336. The smallest absolute Gasteiger partial charge is 0.332 e. The van der Waals surface area contributed by atoms with Crippen LogP contribution in [0.1, 0.15) is 12.0 Å². The maximum Gasteiger partial charge on any atom is 0.332 e. The first-order valence-electron chi connectivity index (χ1n) is 8.74. The van der Waals surface area contributed by atoms with Crippen molar-refractivity contribution >= 4 is 5.82 Å². The molecule has 0 aliphatic carbocycles. The van der Waals surface area contributed by atoms with Gasteiger partial charge in [0.2, 0.25) is 0 Å². The Balaban J connectivity index is 1.83. The van der Waals surface area contributed by atoms with Crippen molar-refractivity contribution in [2.24, 2.45) is 14.1 Å². The molecule has 7 heteroatoms. The van der Waals surface area contributed by atoms with E-state index in [1.54, 1.807) is 19.2 Å². The van der Waals surface area contributed by atoms with E-state index in [4.69, 9.17) is 0 Å². The van der Waals surface area contributed by atoms with Gasteiger partial charge in [0, 0.05) is 40.3 Å². The quantitative estimate of drug-likeness (QED) is 0.754. The summed E-state index contributed by atoms with van der Waals surface area (Å²) in [5, 5.41) is 9.30. The van der Waals surface area contributed by atoms with Crippen molar-refractivity contribution in [2.45, 2.75) is 12.8 Å². The first-order chi connectivity index (χ1) is 12.3. The van der Waals surface area contributed by atoms with E-state index in [1.807, 2.05) is 24.1 Å². The van der Waals surface area contributed by atoms with Gasteiger partial charge in [-0.25, -0.2) is 4.79 Å². The van der Waals surface area contributed by atoms with Gasteiger partial charge in [-0.15, -0.1) is 0 Å². The van der Waals surface area contributed by atoms with E-state index in [0.29, 0.717) is 11.6 Å². The molecule has 1 heterocycles. The first-order valence-corrected chi connectivity index (χ1v) is 8.74. The van der Waals surface area contributed by atoms with E-state index in [0.717, 1.165) is 37.0 Å². The summed E-state index contributed by atoms with van der Waals surface area (Å²) in [7, 11) is 7.11. The Morgan fingerprint density at radius 3 is 2.27 bits per heavy atom. The van der Waals surface area contributed by atoms with Crippen LogP contribution in [0.25, 0.3) is 0 Å². The summed E-state index contributed by atoms with van der Waals surface area (Å²) in [4.78, 5) is 28.0. The van der Waals surface area contributed by atoms with Gasteiger partial charge in [0.25, 0.3) is 5.56 Å². The molecule has 0 bridgehead atoms. The molecular formula is C19H28N4O3. The second kappa shape index (κ2) is 8.71. The summed E-state index contributed by atoms with van der Waals surface area (Å²) < 4.78 is 2.60. The van der Waals surface area contributed by atoms with E-state index < -0.39 is 0 Å². The van der Waals surface area contributed by atoms with Crippen LogP contribution < -0.4 is 16.1 Å². The van der Waals surface area contributed by atoms with Gasteiger partial charge in [0.15, 0.2) is 0 Å². The third-order valence-electron chi connectivity index (χ3n) is 4.65. The van der Waals surface area contributed by atoms with E-state index in [1.165, 1.54) is 23.2 Å². The minimum Gasteiger partial charge on any atom is -0.508 e. The van der Waals surface area contributed by atoms with Gasteiger partial charge in [-0.05, 0) is 44.1 Å². The van der Waals surface area contributed by atoms with Crippen molar-refractivity contribution in [1.29, 1.82) is 0 Å². The maximum absolute atomic E-state index is 12.0. The van der Waals surface area contributed by atoms with Crippen LogP contribution in [-0.2, 0) is 20.5 Å². The summed E-state index contributed by atoms with van der Waals surface area (Å²) in [6.45, 7) is 2.50. The fourth-order valence-corrected chi connectivity index (χ4v) is 2.85. The van der Waals surface area contributed by atoms with Gasteiger partial charge >= 0.3 is 5.69 Å². The summed E-state index contributed by atoms with van der Waals surface area (Å²) in [5.74, 6) is 0.912. The monoisotopic (exact) mass is 360 g/mol. The maximum atomic E-state index is 12.0. The number of phenolic OH excluding ortho intramolecular Hbond substituents is 1. The Morgan fingerprint density at radius 2 is 1.62 bits per heavy atom. The second-order valence-corrected chi connectivity index (χ2v) is 6.74. The first kappa shape index (κ1) is 19.8. The third-order valence-corrected chi connectivity index (χ3v) is 4.65. The Morgan fingerprint density at radius 1 is 0.962 bits per heavy atom. The molecule has 0 unspecified atom stereocenters. The Kier molecular flexibility index (Phi) is 6.63. The highest BCUT2D eigenvalue weighted by Crippen LogP contribution is 2.11. The molecule has 1 N–H and O–H groups in total. The van der Waals surface area contributed by atoms with E-state index >= 15 is 0 Å². The molecule has 0 spiro atoms. The normalized spacial score (nSPS) is 11.1. The molecule has 1 aromatic carbocycles. The van der Waals surface area contributed by atoms with Crippen LogP contribution >= 0.6 is 0 Å². The average molecular weight is 360 g/mol. The Labute approximate surface area is 153 Å². The number of aromatic hydroxyl groups is 1. The van der Waals surface area contributed by atoms with Crippen LogP contribution in [0.15, 0.2) is 39.9 Å². The molecule has 0 saturated carbocycles. The largest absolute Gasteiger partial charge is 0.508 e. The van der Waals surface area contributed by atoms with Crippen molar-refractivity contribution in [3.8, 4) is 5.75 Å². The van der Waals surface area contributed by atoms with Crippen molar-refractivity contribution in [1.82, 2.24) is 14.0 Å². The van der Waals surface area contributed by atoms with Gasteiger partial charge < -0.3 is 14.9 Å². The number of anilines is 1. The SMILES string of the molecule is CN(CCCc1ccc(O)cc1)CCN(C)c1cc(=O)n(C)c(=O)n1C. The van der Waals surface area contributed by atoms with Crippen molar-refractivity contribution < 1.29 is 5.11 Å². The third kappa shape index (κ3) is 4.98. The number of phenols is 1. The fraction of sp³-hybridized carbons (Fsp3) is 0.474. The lowest BCUT2D eigenvalue weighted by atomic mass is 10.1. The van der Waals surface area contributed by atoms with Crippen LogP contribution in [0.2, 0.25) is 0 Å². The van der Waals surface area contributed by atoms with Crippen molar-refractivity contribution in [3.05, 3.63) is 56.7 Å². The number of aromatic nitrogens is 2. The van der Waals surface area contributed by atoms with E-state index in [-0.39, 0.29) is 11.2 Å². The zero-order valence-electron chi connectivity index (χ0n) is 16.0. The zero-order valence-corrected chi connectivity index (χ0v) is 16.0. The molecule has 7 nitrogen and oxygen atoms in total. The number of hydrogen-bond donors (Lipinski definition) is 1. The van der Waals surface area contributed by atoms with Gasteiger partial charge in [-0.2, -0.15) is 0 Å². The average Bonchev–Trinajstić information content (AvgIpc) is 2.62. The minimum absolute atomic E-state index is 0.291. The number of hydrogen-bond acceptors (Lipinski definition) is 5. The predicted molar refractivity (Wildman–Crippen MR) is 104 cm³/mol. The molecular weight excluding hydrogens is 332 g/mol. The fourth-order valence-electron chi connectivity index (χ4n) is 2.85. The van der Waals surface area contributed by atoms with Gasteiger partial charge in [0.1, 0.15) is 11.6 Å². The standard InChI is InChI=1S/C19H28N4O3/c1-20(11-5-6-15-7-9-16(24)10-8-15)12-13-21(2)17-14-18(25)23(4)19(26)22(17)3/h7-10,14,24H,5-6,11-13H2,1-4H3. The summed E-state index contributed by atoms with van der Waals surface area (Å²) in [6, 6.07) is 8.80. The number of rotatable bonds is 8. The van der Waals surface area contributed by atoms with Gasteiger partial charge in [0.05, 0.1) is 0 Å². The second-order valence-electron chi connectivity index (χ2n) is 6.74. The van der Waals surface area contributed by atoms with E-state index in [2.05, 4.69) is 11.9 Å². The number of nitrogens with zero attached hydrogens (tertiary/aromatic N) is 4. The van der Waals surface area contributed by atoms with Crippen LogP contribution in [0.5, 0.6) is 5.75 Å². The summed E-state index contributed by atoms with van der Waals surface area (Å²) in [5.41, 5.74) is 0.599. The number of aryl methyl sites for hydroxylation is 1. The lowest BCUT2D eigenvalue weighted by Crippen LogP contribution is -2.41. The Bertz CT molecular complexity index is 839. The van der Waals surface area contributed by atoms with E-state index in [9.17, 15) is 14.7 Å². The van der Waals surface area contributed by atoms with Crippen molar-refractivity contribution in [2.75, 3.05) is 38.6 Å². The molecule has 0 amide bonds. The van der Waals surface area contributed by atoms with Crippen LogP contribution in [0.4, 0.5) is 5.82 Å². The topological polar surface area (TPSA) is 70.7 Å². The predicted octanol–water partition coefficient (Wildman–Crippen LogP) is 0.790. The summed E-state index contributed by atoms with van der Waals surface area (Å²) in [6.07, 6.45) is 1.99. The molecule has 2 rings (SSSR count). The molecule has 0 atom stereocenters. The molecule has 0 aliphatic rings. The molecule has 0 radical (unpaired) electrons. The molecule has 2 aromatic rings. The number of likely N-dealkylation sites (N-methyl/N-ethyl adjacent to an activating group) is 2. The van der Waals surface area contributed by atoms with Crippen LogP contribution in [0, 0.1) is 0 Å². The van der Waals surface area contributed by atoms with Crippen molar-refractivity contribution in [3.63, 3.8) is 0 Å². The lowest BCUT2D eigenvalue weighted by Gasteiger charge is -2.25. The molecule has 26 heavy (non-hydrogen) atoms. The van der Waals surface area contributed by atoms with Crippen LogP contribution in [0.3, 0.4) is 0 Å². The Hall–Kier alpha value is -2.54. The minimum atomic E-state index is -0.318. The number of benzene rings is 1. The van der Waals surface area contributed by atoms with Gasteiger partial charge in [-0.1, -0.05) is 12.1 Å². The highest BCUT2D eigenvalue weighted by Gasteiger charge is 2.10. The van der Waals surface area contributed by atoms with Crippen LogP contribution in [-0.4, -0.2) is 52.9 Å². The molecule has 1 aromatic heterocycles. The van der Waals surface area contributed by atoms with Gasteiger partial charge in [-0.3, -0.25) is 13.9 Å². The zero-order chi connectivity index (χ0) is 19.3. The molecule has 0 fully saturated rings. The molecule has 0 aliphatic heterocycles. The summed E-state index contributed by atoms with van der Waals surface area (Å²) >= 11 is 0. The molecule has 142 valence electrons. The molecule has 0 saturated heterocycles. The highest BCUT2D eigenvalue weighted by atomic mass is 16.3. The highest BCUT2D eigenvalue weighted by molar-refractivity contribution is 5.37.